The highest BCUT2D eigenvalue weighted by molar-refractivity contribution is 8.07. The lowest BCUT2D eigenvalue weighted by atomic mass is 9.97. The maximum absolute atomic E-state index is 6.56. The number of rotatable bonds is 2. The van der Waals surface area contributed by atoms with Crippen molar-refractivity contribution in [3.05, 3.63) is 42.2 Å². The molecule has 1 aromatic carbocycles. The van der Waals surface area contributed by atoms with E-state index in [0.29, 0.717) is 10.5 Å². The van der Waals surface area contributed by atoms with Crippen molar-refractivity contribution in [2.45, 2.75) is 23.5 Å². The van der Waals surface area contributed by atoms with Crippen molar-refractivity contribution in [2.75, 3.05) is 11.5 Å². The molecule has 0 amide bonds. The molecular weight excluding hydrogens is 272 g/mol. The van der Waals surface area contributed by atoms with Crippen molar-refractivity contribution in [2.24, 2.45) is 5.73 Å². The van der Waals surface area contributed by atoms with Crippen LogP contribution in [0.1, 0.15) is 18.5 Å². The molecule has 0 radical (unpaired) electrons. The standard InChI is InChI=1S/C15H18N2S2/c1-10-15(19-8-7-18-10)14(16)12-4-2-3-11-5-6-17-9-13(11)12/h2-6,9-10,14-15H,7-8,16H2,1H3. The lowest BCUT2D eigenvalue weighted by Crippen LogP contribution is -2.34. The van der Waals surface area contributed by atoms with E-state index in [9.17, 15) is 0 Å². The predicted molar refractivity (Wildman–Crippen MR) is 86.8 cm³/mol. The minimum atomic E-state index is 0.0840. The molecule has 4 heteroatoms. The highest BCUT2D eigenvalue weighted by atomic mass is 32.2. The second-order valence-corrected chi connectivity index (χ2v) is 7.65. The molecule has 3 rings (SSSR count). The van der Waals surface area contributed by atoms with E-state index in [2.05, 4.69) is 36.2 Å². The maximum atomic E-state index is 6.56. The van der Waals surface area contributed by atoms with Crippen LogP contribution in [0.3, 0.4) is 0 Å². The van der Waals surface area contributed by atoms with Crippen LogP contribution in [-0.2, 0) is 0 Å². The van der Waals surface area contributed by atoms with E-state index in [0.717, 1.165) is 0 Å². The smallest absolute Gasteiger partial charge is 0.0433 e. The fourth-order valence-corrected chi connectivity index (χ4v) is 5.52. The second kappa shape index (κ2) is 5.73. The number of thioether (sulfide) groups is 2. The first-order valence-corrected chi connectivity index (χ1v) is 8.68. The van der Waals surface area contributed by atoms with E-state index in [1.54, 1.807) is 0 Å². The number of nitrogens with zero attached hydrogens (tertiary/aromatic N) is 1. The Labute approximate surface area is 122 Å². The van der Waals surface area contributed by atoms with Crippen LogP contribution in [-0.4, -0.2) is 27.0 Å². The number of benzene rings is 1. The lowest BCUT2D eigenvalue weighted by molar-refractivity contribution is 0.668. The van der Waals surface area contributed by atoms with Crippen LogP contribution in [0.5, 0.6) is 0 Å². The van der Waals surface area contributed by atoms with Gasteiger partial charge in [-0.25, -0.2) is 0 Å². The molecule has 1 aliphatic rings. The highest BCUT2D eigenvalue weighted by Gasteiger charge is 2.29. The van der Waals surface area contributed by atoms with Gasteiger partial charge in [0, 0.05) is 45.8 Å². The predicted octanol–water partition coefficient (Wildman–Crippen LogP) is 3.47. The average Bonchev–Trinajstić information content (AvgIpc) is 2.46. The number of hydrogen-bond donors (Lipinski definition) is 1. The topological polar surface area (TPSA) is 38.9 Å². The fraction of sp³-hybridized carbons (Fsp3) is 0.400. The Morgan fingerprint density at radius 1 is 1.26 bits per heavy atom. The summed E-state index contributed by atoms with van der Waals surface area (Å²) in [4.78, 5) is 4.25. The van der Waals surface area contributed by atoms with Crippen LogP contribution in [0.15, 0.2) is 36.7 Å². The van der Waals surface area contributed by atoms with E-state index >= 15 is 0 Å². The molecule has 0 bridgehead atoms. The number of hydrogen-bond acceptors (Lipinski definition) is 4. The lowest BCUT2D eigenvalue weighted by Gasteiger charge is -2.33. The third kappa shape index (κ3) is 2.62. The quantitative estimate of drug-likeness (QED) is 0.919. The second-order valence-electron chi connectivity index (χ2n) is 4.88. The van der Waals surface area contributed by atoms with E-state index in [-0.39, 0.29) is 6.04 Å². The van der Waals surface area contributed by atoms with Gasteiger partial charge in [-0.2, -0.15) is 23.5 Å². The third-order valence-electron chi connectivity index (χ3n) is 3.67. The molecule has 3 atom stereocenters. The molecule has 2 nitrogen and oxygen atoms in total. The van der Waals surface area contributed by atoms with Crippen LogP contribution < -0.4 is 5.73 Å². The van der Waals surface area contributed by atoms with Crippen molar-refractivity contribution >= 4 is 34.3 Å². The third-order valence-corrected chi connectivity index (χ3v) is 6.88. The van der Waals surface area contributed by atoms with Gasteiger partial charge >= 0.3 is 0 Å². The van der Waals surface area contributed by atoms with E-state index < -0.39 is 0 Å². The molecule has 1 fully saturated rings. The molecular formula is C15H18N2S2. The van der Waals surface area contributed by atoms with Gasteiger partial charge in [0.1, 0.15) is 0 Å². The minimum absolute atomic E-state index is 0.0840. The molecule has 1 aromatic heterocycles. The van der Waals surface area contributed by atoms with Gasteiger partial charge in [-0.3, -0.25) is 4.98 Å². The first-order valence-electron chi connectivity index (χ1n) is 6.59. The van der Waals surface area contributed by atoms with Gasteiger partial charge in [-0.05, 0) is 17.0 Å². The van der Waals surface area contributed by atoms with Gasteiger partial charge in [0.2, 0.25) is 0 Å². The van der Waals surface area contributed by atoms with Crippen molar-refractivity contribution < 1.29 is 0 Å². The van der Waals surface area contributed by atoms with E-state index in [4.69, 9.17) is 5.73 Å². The van der Waals surface area contributed by atoms with Gasteiger partial charge in [-0.1, -0.05) is 25.1 Å². The summed E-state index contributed by atoms with van der Waals surface area (Å²) in [5, 5.41) is 3.52. The SMILES string of the molecule is CC1SCCSC1C(N)c1cccc2ccncc12. The Bertz CT molecular complexity index is 568. The molecule has 100 valence electrons. The van der Waals surface area contributed by atoms with Gasteiger partial charge in [0.05, 0.1) is 0 Å². The van der Waals surface area contributed by atoms with E-state index in [1.807, 2.05) is 35.9 Å². The average molecular weight is 290 g/mol. The summed E-state index contributed by atoms with van der Waals surface area (Å²) in [6, 6.07) is 8.52. The molecule has 2 aromatic rings. The van der Waals surface area contributed by atoms with Gasteiger partial charge in [0.15, 0.2) is 0 Å². The van der Waals surface area contributed by atoms with Crippen LogP contribution in [0.2, 0.25) is 0 Å². The minimum Gasteiger partial charge on any atom is -0.323 e. The van der Waals surface area contributed by atoms with Crippen molar-refractivity contribution in [3.63, 3.8) is 0 Å². The summed E-state index contributed by atoms with van der Waals surface area (Å²) in [5.41, 5.74) is 7.80. The molecule has 0 saturated carbocycles. The number of nitrogens with two attached hydrogens (primary N) is 1. The molecule has 0 spiro atoms. The van der Waals surface area contributed by atoms with Crippen molar-refractivity contribution in [1.82, 2.24) is 4.98 Å². The first-order chi connectivity index (χ1) is 9.27. The van der Waals surface area contributed by atoms with Crippen LogP contribution >= 0.6 is 23.5 Å². The fourth-order valence-electron chi connectivity index (χ4n) is 2.65. The molecule has 1 saturated heterocycles. The molecule has 3 unspecified atom stereocenters. The molecule has 1 aliphatic heterocycles. The van der Waals surface area contributed by atoms with Crippen LogP contribution in [0, 0.1) is 0 Å². The summed E-state index contributed by atoms with van der Waals surface area (Å²) in [6.45, 7) is 2.30. The van der Waals surface area contributed by atoms with Crippen molar-refractivity contribution in [3.8, 4) is 0 Å². The van der Waals surface area contributed by atoms with Gasteiger partial charge in [-0.15, -0.1) is 0 Å². The monoisotopic (exact) mass is 290 g/mol. The van der Waals surface area contributed by atoms with Crippen LogP contribution in [0.25, 0.3) is 10.8 Å². The summed E-state index contributed by atoms with van der Waals surface area (Å²) in [6.07, 6.45) is 3.78. The molecule has 2 N–H and O–H groups in total. The maximum Gasteiger partial charge on any atom is 0.0433 e. The number of fused-ring (bicyclic) bond motifs is 1. The normalized spacial score (nSPS) is 25.4. The zero-order valence-electron chi connectivity index (χ0n) is 11.0. The summed E-state index contributed by atoms with van der Waals surface area (Å²) < 4.78 is 0. The number of pyridine rings is 1. The Morgan fingerprint density at radius 2 is 2.11 bits per heavy atom. The Balaban J connectivity index is 1.99. The summed E-state index contributed by atoms with van der Waals surface area (Å²) in [5.74, 6) is 2.45. The summed E-state index contributed by atoms with van der Waals surface area (Å²) >= 11 is 4.05. The first kappa shape index (κ1) is 13.3. The Kier molecular flexibility index (Phi) is 4.01. The van der Waals surface area contributed by atoms with Gasteiger partial charge < -0.3 is 5.73 Å². The summed E-state index contributed by atoms with van der Waals surface area (Å²) in [7, 11) is 0. The zero-order valence-corrected chi connectivity index (χ0v) is 12.6. The largest absolute Gasteiger partial charge is 0.323 e. The number of aromatic nitrogens is 1. The van der Waals surface area contributed by atoms with Gasteiger partial charge in [0.25, 0.3) is 0 Å². The van der Waals surface area contributed by atoms with Crippen LogP contribution in [0.4, 0.5) is 0 Å². The molecule has 0 aliphatic carbocycles. The highest BCUT2D eigenvalue weighted by Crippen LogP contribution is 2.38. The van der Waals surface area contributed by atoms with Crippen molar-refractivity contribution in [1.29, 1.82) is 0 Å². The molecule has 2 heterocycles. The van der Waals surface area contributed by atoms with E-state index in [1.165, 1.54) is 27.8 Å². The Morgan fingerprint density at radius 3 is 2.95 bits per heavy atom. The molecule has 19 heavy (non-hydrogen) atoms. The zero-order chi connectivity index (χ0) is 13.2. The Hall–Kier alpha value is -0.710.